The average Bonchev–Trinajstić information content (AvgIpc) is 3.46. The van der Waals surface area contributed by atoms with Gasteiger partial charge in [0.15, 0.2) is 5.78 Å². The van der Waals surface area contributed by atoms with Crippen molar-refractivity contribution in [2.24, 2.45) is 11.8 Å². The molecule has 1 saturated carbocycles. The molecule has 2 aromatic rings. The third kappa shape index (κ3) is 5.59. The number of nitrogens with one attached hydrogen (secondary N) is 1. The van der Waals surface area contributed by atoms with E-state index in [1.807, 2.05) is 25.1 Å². The maximum atomic E-state index is 13.1. The van der Waals surface area contributed by atoms with Crippen LogP contribution in [0.5, 0.6) is 0 Å². The zero-order valence-electron chi connectivity index (χ0n) is 19.1. The molecule has 2 atom stereocenters. The van der Waals surface area contributed by atoms with Gasteiger partial charge in [-0.05, 0) is 55.5 Å². The fourth-order valence-corrected chi connectivity index (χ4v) is 5.30. The van der Waals surface area contributed by atoms with Crippen LogP contribution in [0.2, 0.25) is 0 Å². The van der Waals surface area contributed by atoms with Crippen LogP contribution in [0.25, 0.3) is 11.0 Å². The number of esters is 1. The third-order valence-corrected chi connectivity index (χ3v) is 6.90. The molecule has 0 unspecified atom stereocenters. The number of carbonyl (C=O) groups is 2. The Balaban J connectivity index is 1.36. The Bertz CT molecular complexity index is 914. The fourth-order valence-electron chi connectivity index (χ4n) is 5.30. The van der Waals surface area contributed by atoms with Crippen molar-refractivity contribution in [2.75, 3.05) is 26.4 Å². The Labute approximate surface area is 190 Å². The fraction of sp³-hybridized carbons (Fsp3) is 0.615. The van der Waals surface area contributed by atoms with Gasteiger partial charge in [0, 0.05) is 31.4 Å². The van der Waals surface area contributed by atoms with Gasteiger partial charge in [0.2, 0.25) is 5.76 Å². The Kier molecular flexibility index (Phi) is 7.98. The molecule has 4 rings (SSSR count). The number of ketones is 1. The molecule has 0 bridgehead atoms. The average molecular weight is 442 g/mol. The van der Waals surface area contributed by atoms with Crippen LogP contribution < -0.4 is 5.32 Å². The molecule has 1 aliphatic heterocycles. The second-order valence-electron chi connectivity index (χ2n) is 9.09. The Hall–Kier alpha value is -2.18. The van der Waals surface area contributed by atoms with Crippen molar-refractivity contribution >= 4 is 22.7 Å². The van der Waals surface area contributed by atoms with Crippen LogP contribution in [0.4, 0.5) is 0 Å². The zero-order chi connectivity index (χ0) is 22.3. The van der Waals surface area contributed by atoms with Gasteiger partial charge >= 0.3 is 5.97 Å². The number of hydrogen-bond acceptors (Lipinski definition) is 6. The van der Waals surface area contributed by atoms with Crippen LogP contribution in [0.3, 0.4) is 0 Å². The van der Waals surface area contributed by atoms with Gasteiger partial charge in [-0.1, -0.05) is 38.2 Å². The molecule has 6 heteroatoms. The lowest BCUT2D eigenvalue weighted by atomic mass is 9.75. The van der Waals surface area contributed by atoms with E-state index in [2.05, 4.69) is 5.32 Å². The number of hydrogen-bond donors (Lipinski definition) is 1. The summed E-state index contributed by atoms with van der Waals surface area (Å²) < 4.78 is 16.2. The number of fused-ring (bicyclic) bond motifs is 1. The largest absolute Gasteiger partial charge is 0.460 e. The van der Waals surface area contributed by atoms with Gasteiger partial charge in [-0.3, -0.25) is 4.79 Å². The normalized spacial score (nSPS) is 21.8. The van der Waals surface area contributed by atoms with Crippen LogP contribution in [0.15, 0.2) is 28.7 Å². The van der Waals surface area contributed by atoms with Crippen molar-refractivity contribution < 1.29 is 23.5 Å². The molecule has 2 aliphatic rings. The highest BCUT2D eigenvalue weighted by atomic mass is 16.5. The lowest BCUT2D eigenvalue weighted by Gasteiger charge is -2.30. The summed E-state index contributed by atoms with van der Waals surface area (Å²) in [6.07, 6.45) is 8.64. The van der Waals surface area contributed by atoms with Crippen molar-refractivity contribution in [2.45, 2.75) is 64.3 Å². The molecule has 32 heavy (non-hydrogen) atoms. The topological polar surface area (TPSA) is 77.8 Å². The van der Waals surface area contributed by atoms with E-state index in [0.29, 0.717) is 50.1 Å². The first kappa shape index (κ1) is 23.0. The van der Waals surface area contributed by atoms with Gasteiger partial charge in [0.25, 0.3) is 0 Å². The minimum atomic E-state index is -0.471. The summed E-state index contributed by atoms with van der Waals surface area (Å²) in [5.41, 5.74) is 1.58. The lowest BCUT2D eigenvalue weighted by molar-refractivity contribution is -0.121. The summed E-state index contributed by atoms with van der Waals surface area (Å²) in [4.78, 5) is 25.4. The molecule has 1 aromatic carbocycles. The maximum Gasteiger partial charge on any atom is 0.374 e. The molecule has 1 N–H and O–H groups in total. The Morgan fingerprint density at radius 1 is 1.09 bits per heavy atom. The minimum Gasteiger partial charge on any atom is -0.460 e. The summed E-state index contributed by atoms with van der Waals surface area (Å²) in [6.45, 7) is 4.39. The zero-order valence-corrected chi connectivity index (χ0v) is 19.1. The van der Waals surface area contributed by atoms with E-state index in [1.54, 1.807) is 6.07 Å². The molecule has 6 nitrogen and oxygen atoms in total. The first-order valence-corrected chi connectivity index (χ1v) is 12.2. The predicted molar refractivity (Wildman–Crippen MR) is 123 cm³/mol. The second-order valence-corrected chi connectivity index (χ2v) is 9.09. The molecule has 2 fully saturated rings. The maximum absolute atomic E-state index is 13.1. The van der Waals surface area contributed by atoms with E-state index in [9.17, 15) is 9.59 Å². The van der Waals surface area contributed by atoms with Crippen molar-refractivity contribution in [3.8, 4) is 0 Å². The third-order valence-electron chi connectivity index (χ3n) is 6.90. The van der Waals surface area contributed by atoms with Crippen LogP contribution in [-0.4, -0.2) is 44.2 Å². The van der Waals surface area contributed by atoms with E-state index < -0.39 is 5.97 Å². The molecular weight excluding hydrogens is 406 g/mol. The van der Waals surface area contributed by atoms with E-state index in [-0.39, 0.29) is 17.6 Å². The predicted octanol–water partition coefficient (Wildman–Crippen LogP) is 4.69. The summed E-state index contributed by atoms with van der Waals surface area (Å²) in [7, 11) is 0. The van der Waals surface area contributed by atoms with E-state index >= 15 is 0 Å². The molecule has 1 aliphatic carbocycles. The molecule has 1 aromatic heterocycles. The molecule has 2 heterocycles. The monoisotopic (exact) mass is 441 g/mol. The van der Waals surface area contributed by atoms with Crippen molar-refractivity contribution in [3.63, 3.8) is 0 Å². The molecule has 0 spiro atoms. The molecule has 174 valence electrons. The van der Waals surface area contributed by atoms with E-state index in [0.717, 1.165) is 23.9 Å². The molecule has 0 amide bonds. The van der Waals surface area contributed by atoms with Crippen molar-refractivity contribution in [1.82, 2.24) is 5.32 Å². The quantitative estimate of drug-likeness (QED) is 0.426. The van der Waals surface area contributed by atoms with Gasteiger partial charge in [-0.2, -0.15) is 0 Å². The van der Waals surface area contributed by atoms with Crippen molar-refractivity contribution in [3.05, 3.63) is 35.6 Å². The highest BCUT2D eigenvalue weighted by molar-refractivity contribution is 5.93. The van der Waals surface area contributed by atoms with Crippen LogP contribution in [0.1, 0.15) is 68.0 Å². The first-order chi connectivity index (χ1) is 15.7. The Morgan fingerprint density at radius 2 is 1.94 bits per heavy atom. The van der Waals surface area contributed by atoms with Crippen LogP contribution in [0, 0.1) is 11.8 Å². The smallest absolute Gasteiger partial charge is 0.374 e. The van der Waals surface area contributed by atoms with Gasteiger partial charge in [0.05, 0.1) is 12.6 Å². The van der Waals surface area contributed by atoms with Gasteiger partial charge < -0.3 is 19.2 Å². The number of benzene rings is 1. The highest BCUT2D eigenvalue weighted by Crippen LogP contribution is 2.36. The standard InChI is InChI=1S/C26H35NO5/c1-2-30-13-6-14-31-26(29)24-17-20-15-18(9-10-23(20)32-24)16-22(28)25-21(11-12-27-25)19-7-4-3-5-8-19/h9-10,15,17,19,21,25,27H,2-8,11-14,16H2,1H3/t21-,25-/m0/s1. The number of rotatable bonds is 10. The van der Waals surface area contributed by atoms with Gasteiger partial charge in [-0.25, -0.2) is 4.79 Å². The van der Waals surface area contributed by atoms with Gasteiger partial charge in [-0.15, -0.1) is 0 Å². The number of ether oxygens (including phenoxy) is 2. The number of furan rings is 1. The van der Waals surface area contributed by atoms with E-state index in [4.69, 9.17) is 13.9 Å². The van der Waals surface area contributed by atoms with E-state index in [1.165, 1.54) is 32.1 Å². The summed E-state index contributed by atoms with van der Waals surface area (Å²) >= 11 is 0. The molecule has 1 saturated heterocycles. The summed E-state index contributed by atoms with van der Waals surface area (Å²) in [6, 6.07) is 7.39. The van der Waals surface area contributed by atoms with Crippen LogP contribution in [-0.2, 0) is 20.7 Å². The molecular formula is C26H35NO5. The number of carbonyl (C=O) groups excluding carboxylic acids is 2. The Morgan fingerprint density at radius 3 is 2.75 bits per heavy atom. The van der Waals surface area contributed by atoms with Gasteiger partial charge in [0.1, 0.15) is 5.58 Å². The summed E-state index contributed by atoms with van der Waals surface area (Å²) in [5.74, 6) is 1.15. The minimum absolute atomic E-state index is 0.0274. The summed E-state index contributed by atoms with van der Waals surface area (Å²) in [5, 5.41) is 4.29. The highest BCUT2D eigenvalue weighted by Gasteiger charge is 2.37. The molecule has 0 radical (unpaired) electrons. The van der Waals surface area contributed by atoms with Crippen molar-refractivity contribution in [1.29, 1.82) is 0 Å². The lowest BCUT2D eigenvalue weighted by Crippen LogP contribution is -2.40. The SMILES string of the molecule is CCOCCCOC(=O)c1cc2cc(CC(=O)[C@H]3NCC[C@H]3C3CCCCC3)ccc2o1. The number of Topliss-reactive ketones (excluding diaryl/α,β-unsaturated/α-hetero) is 1. The second kappa shape index (κ2) is 11.1. The first-order valence-electron chi connectivity index (χ1n) is 12.2. The van der Waals surface area contributed by atoms with Crippen LogP contribution >= 0.6 is 0 Å².